The topological polar surface area (TPSA) is 87.2 Å². The highest BCUT2D eigenvalue weighted by atomic mass is 16.2. The van der Waals surface area contributed by atoms with E-state index in [1.807, 2.05) is 0 Å². The minimum Gasteiger partial charge on any atom is -0.369 e. The highest BCUT2D eigenvalue weighted by molar-refractivity contribution is 5.88. The number of hydrogen-bond donors (Lipinski definition) is 1. The van der Waals surface area contributed by atoms with Crippen molar-refractivity contribution in [3.05, 3.63) is 0 Å². The molecule has 1 aliphatic heterocycles. The number of nitrogens with zero attached hydrogens (tertiary/aromatic N) is 2. The van der Waals surface area contributed by atoms with Crippen molar-refractivity contribution in [2.75, 3.05) is 13.1 Å². The van der Waals surface area contributed by atoms with Gasteiger partial charge in [-0.25, -0.2) is 0 Å². The van der Waals surface area contributed by atoms with E-state index in [1.165, 1.54) is 0 Å². The third-order valence-corrected chi connectivity index (χ3v) is 3.56. The quantitative estimate of drug-likeness (QED) is 0.712. The Labute approximate surface area is 94.2 Å². The fourth-order valence-corrected chi connectivity index (χ4v) is 2.17. The summed E-state index contributed by atoms with van der Waals surface area (Å²) in [7, 11) is 0. The van der Waals surface area contributed by atoms with E-state index in [9.17, 15) is 9.59 Å². The lowest BCUT2D eigenvalue weighted by Crippen LogP contribution is -2.44. The Kier molecular flexibility index (Phi) is 2.58. The summed E-state index contributed by atoms with van der Waals surface area (Å²) in [6.45, 7) is 1.10. The largest absolute Gasteiger partial charge is 0.369 e. The monoisotopic (exact) mass is 221 g/mol. The zero-order chi connectivity index (χ0) is 11.8. The van der Waals surface area contributed by atoms with Crippen molar-refractivity contribution in [3.8, 4) is 6.07 Å². The molecule has 0 unspecified atom stereocenters. The normalized spacial score (nSPS) is 23.6. The molecule has 1 aliphatic carbocycles. The van der Waals surface area contributed by atoms with Crippen LogP contribution < -0.4 is 5.73 Å². The van der Waals surface area contributed by atoms with Gasteiger partial charge in [0.1, 0.15) is 5.41 Å². The predicted molar refractivity (Wildman–Crippen MR) is 55.8 cm³/mol. The zero-order valence-electron chi connectivity index (χ0n) is 9.11. The molecule has 0 aromatic carbocycles. The lowest BCUT2D eigenvalue weighted by atomic mass is 9.95. The molecule has 86 valence electrons. The first-order chi connectivity index (χ1) is 7.59. The van der Waals surface area contributed by atoms with Crippen molar-refractivity contribution >= 4 is 11.8 Å². The third kappa shape index (κ3) is 1.75. The Morgan fingerprint density at radius 2 is 1.88 bits per heavy atom. The maximum absolute atomic E-state index is 12.0. The minimum atomic E-state index is -0.737. The number of carbonyl (C=O) groups is 2. The highest BCUT2D eigenvalue weighted by Crippen LogP contribution is 2.46. The summed E-state index contributed by atoms with van der Waals surface area (Å²) in [6.07, 6.45) is 2.61. The van der Waals surface area contributed by atoms with Crippen molar-refractivity contribution in [1.82, 2.24) is 4.90 Å². The van der Waals surface area contributed by atoms with Gasteiger partial charge >= 0.3 is 0 Å². The van der Waals surface area contributed by atoms with Crippen molar-refractivity contribution in [2.45, 2.75) is 25.7 Å². The third-order valence-electron chi connectivity index (χ3n) is 3.56. The van der Waals surface area contributed by atoms with Gasteiger partial charge in [-0.05, 0) is 25.7 Å². The lowest BCUT2D eigenvalue weighted by molar-refractivity contribution is -0.138. The Bertz CT molecular complexity index is 360. The average molecular weight is 221 g/mol. The van der Waals surface area contributed by atoms with Gasteiger partial charge in [0.05, 0.1) is 6.07 Å². The number of likely N-dealkylation sites (tertiary alicyclic amines) is 1. The molecule has 2 N–H and O–H groups in total. The second-order valence-electron chi connectivity index (χ2n) is 4.66. The van der Waals surface area contributed by atoms with Gasteiger partial charge in [0, 0.05) is 19.0 Å². The van der Waals surface area contributed by atoms with Crippen LogP contribution >= 0.6 is 0 Å². The van der Waals surface area contributed by atoms with Gasteiger partial charge in [0.15, 0.2) is 0 Å². The van der Waals surface area contributed by atoms with Crippen molar-refractivity contribution in [3.63, 3.8) is 0 Å². The van der Waals surface area contributed by atoms with E-state index in [0.29, 0.717) is 38.8 Å². The number of rotatable bonds is 2. The summed E-state index contributed by atoms with van der Waals surface area (Å²) in [5.74, 6) is -0.451. The second-order valence-corrected chi connectivity index (χ2v) is 4.66. The summed E-state index contributed by atoms with van der Waals surface area (Å²) >= 11 is 0. The first-order valence-corrected chi connectivity index (χ1v) is 5.59. The average Bonchev–Trinajstić information content (AvgIpc) is 3.09. The van der Waals surface area contributed by atoms with Gasteiger partial charge < -0.3 is 10.6 Å². The highest BCUT2D eigenvalue weighted by Gasteiger charge is 2.52. The van der Waals surface area contributed by atoms with Gasteiger partial charge in [0.25, 0.3) is 0 Å². The van der Waals surface area contributed by atoms with Gasteiger partial charge in [-0.15, -0.1) is 0 Å². The lowest BCUT2D eigenvalue weighted by Gasteiger charge is -2.31. The van der Waals surface area contributed by atoms with E-state index in [2.05, 4.69) is 6.07 Å². The summed E-state index contributed by atoms with van der Waals surface area (Å²) < 4.78 is 0. The fourth-order valence-electron chi connectivity index (χ4n) is 2.17. The van der Waals surface area contributed by atoms with E-state index < -0.39 is 5.41 Å². The molecule has 5 nitrogen and oxygen atoms in total. The molecule has 0 aromatic heterocycles. The standard InChI is InChI=1S/C11H15N3O2/c12-7-11(3-4-11)10(16)14-5-1-8(2-6-14)9(13)15/h8H,1-6H2,(H2,13,15). The first kappa shape index (κ1) is 10.9. The Morgan fingerprint density at radius 3 is 2.25 bits per heavy atom. The van der Waals surface area contributed by atoms with Crippen LogP contribution in [0.15, 0.2) is 0 Å². The summed E-state index contributed by atoms with van der Waals surface area (Å²) in [5.41, 5.74) is 4.48. The van der Waals surface area contributed by atoms with Gasteiger partial charge in [-0.2, -0.15) is 5.26 Å². The van der Waals surface area contributed by atoms with Crippen LogP contribution in [0.5, 0.6) is 0 Å². The molecule has 0 radical (unpaired) electrons. The zero-order valence-corrected chi connectivity index (χ0v) is 9.11. The number of primary amides is 1. The van der Waals surface area contributed by atoms with E-state index >= 15 is 0 Å². The number of nitriles is 1. The number of amides is 2. The molecule has 1 saturated carbocycles. The van der Waals surface area contributed by atoms with Crippen LogP contribution in [0.25, 0.3) is 0 Å². The van der Waals surface area contributed by atoms with E-state index in [0.717, 1.165) is 0 Å². The van der Waals surface area contributed by atoms with Crippen LogP contribution in [0.2, 0.25) is 0 Å². The predicted octanol–water partition coefficient (Wildman–Crippen LogP) is 0.0141. The van der Waals surface area contributed by atoms with Crippen LogP contribution in [-0.4, -0.2) is 29.8 Å². The molecule has 0 bridgehead atoms. The summed E-state index contributed by atoms with van der Waals surface area (Å²) in [4.78, 5) is 24.6. The van der Waals surface area contributed by atoms with Crippen LogP contribution in [0.1, 0.15) is 25.7 Å². The Morgan fingerprint density at radius 1 is 1.31 bits per heavy atom. The van der Waals surface area contributed by atoms with E-state index in [1.54, 1.807) is 4.90 Å². The second kappa shape index (κ2) is 3.78. The van der Waals surface area contributed by atoms with Crippen molar-refractivity contribution in [2.24, 2.45) is 17.1 Å². The van der Waals surface area contributed by atoms with Gasteiger partial charge in [-0.1, -0.05) is 0 Å². The summed E-state index contributed by atoms with van der Waals surface area (Å²) in [6, 6.07) is 2.10. The van der Waals surface area contributed by atoms with E-state index in [-0.39, 0.29) is 17.7 Å². The maximum Gasteiger partial charge on any atom is 0.243 e. The maximum atomic E-state index is 12.0. The van der Waals surface area contributed by atoms with Crippen LogP contribution in [0, 0.1) is 22.7 Å². The minimum absolute atomic E-state index is 0.0575. The number of hydrogen-bond acceptors (Lipinski definition) is 3. The van der Waals surface area contributed by atoms with Gasteiger partial charge in [0.2, 0.25) is 11.8 Å². The SMILES string of the molecule is N#CC1(C(=O)N2CCC(C(N)=O)CC2)CC1. The number of piperidine rings is 1. The van der Waals surface area contributed by atoms with Gasteiger partial charge in [-0.3, -0.25) is 9.59 Å². The molecule has 1 saturated heterocycles. The molecule has 5 heteroatoms. The van der Waals surface area contributed by atoms with Crippen LogP contribution in [-0.2, 0) is 9.59 Å². The molecule has 1 heterocycles. The van der Waals surface area contributed by atoms with Crippen LogP contribution in [0.3, 0.4) is 0 Å². The number of carbonyl (C=O) groups excluding carboxylic acids is 2. The molecule has 0 atom stereocenters. The smallest absolute Gasteiger partial charge is 0.243 e. The molecule has 0 aromatic rings. The van der Waals surface area contributed by atoms with Crippen molar-refractivity contribution in [1.29, 1.82) is 5.26 Å². The molecular formula is C11H15N3O2. The molecule has 16 heavy (non-hydrogen) atoms. The van der Waals surface area contributed by atoms with Crippen molar-refractivity contribution < 1.29 is 9.59 Å². The molecule has 2 fully saturated rings. The molecule has 0 spiro atoms. The first-order valence-electron chi connectivity index (χ1n) is 5.59. The van der Waals surface area contributed by atoms with Crippen LogP contribution in [0.4, 0.5) is 0 Å². The van der Waals surface area contributed by atoms with E-state index in [4.69, 9.17) is 11.0 Å². The molecule has 2 aliphatic rings. The molecule has 2 rings (SSSR count). The molecule has 2 amide bonds. The number of nitrogens with two attached hydrogens (primary N) is 1. The Balaban J connectivity index is 1.93. The summed E-state index contributed by atoms with van der Waals surface area (Å²) in [5, 5.41) is 8.93. The Hall–Kier alpha value is -1.57. The molecular weight excluding hydrogens is 206 g/mol. The fraction of sp³-hybridized carbons (Fsp3) is 0.727.